The molecule has 0 aliphatic heterocycles. The van der Waals surface area contributed by atoms with Gasteiger partial charge in [-0.05, 0) is 52.0 Å². The topological polar surface area (TPSA) is 73.9 Å². The van der Waals surface area contributed by atoms with Gasteiger partial charge >= 0.3 is 11.9 Å². The Labute approximate surface area is 137 Å². The second-order valence-corrected chi connectivity index (χ2v) is 5.88. The number of hydrogen-bond acceptors (Lipinski definition) is 6. The van der Waals surface area contributed by atoms with Gasteiger partial charge in [0, 0.05) is 12.2 Å². The van der Waals surface area contributed by atoms with E-state index >= 15 is 0 Å². The minimum absolute atomic E-state index is 0.112. The van der Waals surface area contributed by atoms with Crippen LogP contribution in [0.2, 0.25) is 0 Å². The molecule has 1 aromatic carbocycles. The van der Waals surface area contributed by atoms with Crippen LogP contribution in [0.4, 0.5) is 5.69 Å². The van der Waals surface area contributed by atoms with Crippen molar-refractivity contribution in [1.82, 2.24) is 0 Å². The molecule has 1 N–H and O–H groups in total. The molecule has 0 bridgehead atoms. The lowest BCUT2D eigenvalue weighted by molar-refractivity contribution is -0.154. The van der Waals surface area contributed by atoms with Crippen LogP contribution in [0.3, 0.4) is 0 Å². The van der Waals surface area contributed by atoms with Crippen molar-refractivity contribution >= 4 is 17.6 Å². The zero-order valence-electron chi connectivity index (χ0n) is 14.2. The molecule has 23 heavy (non-hydrogen) atoms. The third-order valence-electron chi connectivity index (χ3n) is 2.59. The summed E-state index contributed by atoms with van der Waals surface area (Å²) in [5, 5.41) is 3.13. The lowest BCUT2D eigenvalue weighted by atomic mass is 10.2. The molecule has 0 spiro atoms. The van der Waals surface area contributed by atoms with Crippen molar-refractivity contribution in [2.45, 2.75) is 39.7 Å². The number of rotatable bonds is 8. The second-order valence-electron chi connectivity index (χ2n) is 5.88. The Morgan fingerprint density at radius 3 is 2.30 bits per heavy atom. The summed E-state index contributed by atoms with van der Waals surface area (Å²) in [7, 11) is 0. The van der Waals surface area contributed by atoms with E-state index in [1.54, 1.807) is 19.1 Å². The van der Waals surface area contributed by atoms with Gasteiger partial charge in [-0.25, -0.2) is 4.79 Å². The summed E-state index contributed by atoms with van der Waals surface area (Å²) in [6.45, 7) is 7.98. The van der Waals surface area contributed by atoms with Gasteiger partial charge in [0.1, 0.15) is 11.4 Å². The quantitative estimate of drug-likeness (QED) is 0.742. The van der Waals surface area contributed by atoms with Crippen LogP contribution >= 0.6 is 0 Å². The molecule has 0 radical (unpaired) electrons. The van der Waals surface area contributed by atoms with Crippen LogP contribution in [0.1, 0.15) is 34.1 Å². The van der Waals surface area contributed by atoms with E-state index in [1.807, 2.05) is 32.9 Å². The van der Waals surface area contributed by atoms with E-state index in [9.17, 15) is 9.59 Å². The van der Waals surface area contributed by atoms with E-state index in [4.69, 9.17) is 14.2 Å². The molecule has 1 aromatic rings. The maximum atomic E-state index is 11.6. The van der Waals surface area contributed by atoms with Gasteiger partial charge in [-0.1, -0.05) is 0 Å². The number of carbonyl (C=O) groups excluding carboxylic acids is 2. The Hall–Kier alpha value is -2.24. The molecule has 0 saturated carbocycles. The van der Waals surface area contributed by atoms with Crippen molar-refractivity contribution in [3.8, 4) is 5.75 Å². The van der Waals surface area contributed by atoms with Gasteiger partial charge in [0.15, 0.2) is 6.61 Å². The second kappa shape index (κ2) is 9.02. The van der Waals surface area contributed by atoms with E-state index < -0.39 is 11.6 Å². The molecule has 0 heterocycles. The fraction of sp³-hybridized carbons (Fsp3) is 0.529. The van der Waals surface area contributed by atoms with Crippen LogP contribution in [0.25, 0.3) is 0 Å². The van der Waals surface area contributed by atoms with Gasteiger partial charge in [-0.3, -0.25) is 4.79 Å². The third-order valence-corrected chi connectivity index (χ3v) is 2.59. The van der Waals surface area contributed by atoms with Crippen LogP contribution < -0.4 is 10.1 Å². The predicted octanol–water partition coefficient (Wildman–Crippen LogP) is 2.77. The van der Waals surface area contributed by atoms with Crippen molar-refractivity contribution in [3.63, 3.8) is 0 Å². The van der Waals surface area contributed by atoms with Crippen LogP contribution in [-0.4, -0.2) is 37.3 Å². The molecule has 128 valence electrons. The summed E-state index contributed by atoms with van der Waals surface area (Å²) in [6, 6.07) is 7.12. The van der Waals surface area contributed by atoms with Crippen molar-refractivity contribution in [2.75, 3.05) is 25.1 Å². The van der Waals surface area contributed by atoms with Crippen molar-refractivity contribution in [2.24, 2.45) is 0 Å². The van der Waals surface area contributed by atoms with Gasteiger partial charge in [0.05, 0.1) is 13.0 Å². The number of ether oxygens (including phenoxy) is 3. The highest BCUT2D eigenvalue weighted by Crippen LogP contribution is 2.16. The largest absolute Gasteiger partial charge is 0.482 e. The Morgan fingerprint density at radius 1 is 1.09 bits per heavy atom. The Morgan fingerprint density at radius 2 is 1.74 bits per heavy atom. The number of benzene rings is 1. The van der Waals surface area contributed by atoms with E-state index in [0.29, 0.717) is 25.3 Å². The van der Waals surface area contributed by atoms with E-state index in [1.165, 1.54) is 0 Å². The molecule has 0 aliphatic carbocycles. The van der Waals surface area contributed by atoms with Crippen LogP contribution in [-0.2, 0) is 19.1 Å². The number of nitrogens with one attached hydrogen (secondary N) is 1. The molecule has 0 aromatic heterocycles. The zero-order valence-corrected chi connectivity index (χ0v) is 14.2. The number of hydrogen-bond donors (Lipinski definition) is 1. The number of anilines is 1. The first kappa shape index (κ1) is 18.8. The van der Waals surface area contributed by atoms with Crippen LogP contribution in [0.5, 0.6) is 5.75 Å². The first-order valence-electron chi connectivity index (χ1n) is 7.64. The minimum atomic E-state index is -0.463. The van der Waals surface area contributed by atoms with E-state index in [2.05, 4.69) is 5.32 Å². The minimum Gasteiger partial charge on any atom is -0.482 e. The molecular weight excluding hydrogens is 298 g/mol. The highest BCUT2D eigenvalue weighted by Gasteiger charge is 2.15. The van der Waals surface area contributed by atoms with E-state index in [-0.39, 0.29) is 12.6 Å². The van der Waals surface area contributed by atoms with Gasteiger partial charge in [0.2, 0.25) is 0 Å². The molecule has 0 saturated heterocycles. The maximum absolute atomic E-state index is 11.6. The van der Waals surface area contributed by atoms with Gasteiger partial charge < -0.3 is 19.5 Å². The van der Waals surface area contributed by atoms with Crippen LogP contribution in [0.15, 0.2) is 24.3 Å². The van der Waals surface area contributed by atoms with Gasteiger partial charge in [-0.2, -0.15) is 0 Å². The van der Waals surface area contributed by atoms with E-state index in [0.717, 1.165) is 5.69 Å². The first-order chi connectivity index (χ1) is 10.8. The van der Waals surface area contributed by atoms with Crippen LogP contribution in [0, 0.1) is 0 Å². The summed E-state index contributed by atoms with van der Waals surface area (Å²) in [6.07, 6.45) is 0.290. The Bertz CT molecular complexity index is 505. The summed E-state index contributed by atoms with van der Waals surface area (Å²) < 4.78 is 15.3. The van der Waals surface area contributed by atoms with Gasteiger partial charge in [0.25, 0.3) is 0 Å². The lowest BCUT2D eigenvalue weighted by Crippen LogP contribution is -2.25. The fourth-order valence-corrected chi connectivity index (χ4v) is 1.72. The highest BCUT2D eigenvalue weighted by atomic mass is 16.6. The SMILES string of the molecule is CCOC(=O)COc1ccc(NCCC(=O)OC(C)(C)C)cc1. The Balaban J connectivity index is 2.31. The summed E-state index contributed by atoms with van der Waals surface area (Å²) >= 11 is 0. The lowest BCUT2D eigenvalue weighted by Gasteiger charge is -2.19. The molecule has 0 aliphatic rings. The molecule has 0 amide bonds. The van der Waals surface area contributed by atoms with Crippen molar-refractivity contribution < 1.29 is 23.8 Å². The maximum Gasteiger partial charge on any atom is 0.344 e. The molecule has 0 fully saturated rings. The highest BCUT2D eigenvalue weighted by molar-refractivity contribution is 5.71. The Kier molecular flexibility index (Phi) is 7.38. The predicted molar refractivity (Wildman–Crippen MR) is 87.5 cm³/mol. The average Bonchev–Trinajstić information content (AvgIpc) is 2.45. The fourth-order valence-electron chi connectivity index (χ4n) is 1.72. The van der Waals surface area contributed by atoms with Crippen molar-refractivity contribution in [1.29, 1.82) is 0 Å². The molecule has 6 nitrogen and oxygen atoms in total. The molecule has 0 atom stereocenters. The summed E-state index contributed by atoms with van der Waals surface area (Å²) in [5.41, 5.74) is 0.395. The number of carbonyl (C=O) groups is 2. The summed E-state index contributed by atoms with van der Waals surface area (Å²) in [5.74, 6) is -0.0535. The smallest absolute Gasteiger partial charge is 0.344 e. The molecule has 0 unspecified atom stereocenters. The van der Waals surface area contributed by atoms with Crippen molar-refractivity contribution in [3.05, 3.63) is 24.3 Å². The zero-order chi connectivity index (χ0) is 17.3. The average molecular weight is 323 g/mol. The standard InChI is InChI=1S/C17H25NO5/c1-5-21-16(20)12-22-14-8-6-13(7-9-14)18-11-10-15(19)23-17(2,3)4/h6-9,18H,5,10-12H2,1-4H3. The molecule has 6 heteroatoms. The van der Waals surface area contributed by atoms with Gasteiger partial charge in [-0.15, -0.1) is 0 Å². The number of esters is 2. The normalized spacial score (nSPS) is 10.8. The molecule has 1 rings (SSSR count). The summed E-state index contributed by atoms with van der Waals surface area (Å²) in [4.78, 5) is 22.8. The third kappa shape index (κ3) is 8.70. The monoisotopic (exact) mass is 323 g/mol. The molecular formula is C17H25NO5. The first-order valence-corrected chi connectivity index (χ1v) is 7.64.